The molecule has 2 heteroatoms. The molecule has 0 fully saturated rings. The van der Waals surface area contributed by atoms with Gasteiger partial charge in [-0.2, -0.15) is 0 Å². The summed E-state index contributed by atoms with van der Waals surface area (Å²) >= 11 is 0. The van der Waals surface area contributed by atoms with Gasteiger partial charge in [0.15, 0.2) is 0 Å². The monoisotopic (exact) mass is 254 g/mol. The molecule has 1 radical (unpaired) electrons. The van der Waals surface area contributed by atoms with Gasteiger partial charge in [-0.25, -0.2) is 0 Å². The number of rotatable bonds is 6. The molecule has 0 aliphatic carbocycles. The molecule has 0 unspecified atom stereocenters. The lowest BCUT2D eigenvalue weighted by atomic mass is 10.2. The average Bonchev–Trinajstić information content (AvgIpc) is 2.46. The van der Waals surface area contributed by atoms with Gasteiger partial charge in [-0.1, -0.05) is 42.0 Å². The molecule has 0 saturated heterocycles. The molecule has 2 nitrogen and oxygen atoms in total. The van der Waals surface area contributed by atoms with E-state index in [4.69, 9.17) is 4.74 Å². The molecule has 0 aliphatic rings. The molecule has 0 spiro atoms. The first-order chi connectivity index (χ1) is 9.28. The van der Waals surface area contributed by atoms with Gasteiger partial charge >= 0.3 is 0 Å². The first-order valence-corrected chi connectivity index (χ1v) is 6.55. The van der Waals surface area contributed by atoms with Gasteiger partial charge in [-0.3, -0.25) is 0 Å². The van der Waals surface area contributed by atoms with Crippen LogP contribution in [-0.2, 0) is 13.2 Å². The number of ether oxygens (including phenoxy) is 1. The number of hydrogen-bond acceptors (Lipinski definition) is 2. The van der Waals surface area contributed by atoms with E-state index in [1.807, 2.05) is 12.1 Å². The highest BCUT2D eigenvalue weighted by atomic mass is 16.5. The minimum absolute atomic E-state index is 0.608. The normalized spacial score (nSPS) is 10.4. The maximum absolute atomic E-state index is 5.76. The molecule has 2 aromatic carbocycles. The van der Waals surface area contributed by atoms with Crippen LogP contribution in [0.25, 0.3) is 0 Å². The number of nitrogens with one attached hydrogen (secondary N) is 1. The van der Waals surface area contributed by atoms with E-state index in [2.05, 4.69) is 55.6 Å². The van der Waals surface area contributed by atoms with Crippen LogP contribution in [0, 0.1) is 13.8 Å². The van der Waals surface area contributed by atoms with Crippen LogP contribution in [0.5, 0.6) is 5.75 Å². The van der Waals surface area contributed by atoms with Crippen molar-refractivity contribution in [1.29, 1.82) is 0 Å². The summed E-state index contributed by atoms with van der Waals surface area (Å²) in [5, 5.41) is 3.20. The van der Waals surface area contributed by atoms with Crippen molar-refractivity contribution < 1.29 is 4.74 Å². The van der Waals surface area contributed by atoms with E-state index < -0.39 is 0 Å². The topological polar surface area (TPSA) is 21.3 Å². The predicted molar refractivity (Wildman–Crippen MR) is 79.0 cm³/mol. The van der Waals surface area contributed by atoms with E-state index in [0.717, 1.165) is 18.8 Å². The number of aryl methyl sites for hydroxylation is 1. The average molecular weight is 254 g/mol. The highest BCUT2D eigenvalue weighted by Gasteiger charge is 1.97. The lowest BCUT2D eigenvalue weighted by Gasteiger charge is -2.08. The first-order valence-electron chi connectivity index (χ1n) is 6.55. The van der Waals surface area contributed by atoms with Crippen molar-refractivity contribution in [2.75, 3.05) is 6.54 Å². The van der Waals surface area contributed by atoms with Crippen LogP contribution >= 0.6 is 0 Å². The molecular weight excluding hydrogens is 234 g/mol. The van der Waals surface area contributed by atoms with Crippen molar-refractivity contribution in [2.45, 2.75) is 20.1 Å². The van der Waals surface area contributed by atoms with Gasteiger partial charge in [0.1, 0.15) is 12.4 Å². The molecule has 0 atom stereocenters. The van der Waals surface area contributed by atoms with Crippen molar-refractivity contribution in [1.82, 2.24) is 5.32 Å². The second kappa shape index (κ2) is 6.95. The van der Waals surface area contributed by atoms with Gasteiger partial charge in [-0.05, 0) is 43.7 Å². The van der Waals surface area contributed by atoms with Crippen LogP contribution in [0.1, 0.15) is 16.7 Å². The molecular formula is C17H20NO. The summed E-state index contributed by atoms with van der Waals surface area (Å²) in [7, 11) is 0. The number of benzene rings is 2. The minimum Gasteiger partial charge on any atom is -0.489 e. The maximum atomic E-state index is 5.76. The zero-order chi connectivity index (χ0) is 13.5. The van der Waals surface area contributed by atoms with E-state index in [9.17, 15) is 0 Å². The third-order valence-electron chi connectivity index (χ3n) is 2.96. The fourth-order valence-electron chi connectivity index (χ4n) is 1.79. The van der Waals surface area contributed by atoms with Crippen LogP contribution in [0.15, 0.2) is 48.5 Å². The van der Waals surface area contributed by atoms with Crippen LogP contribution < -0.4 is 10.1 Å². The molecule has 0 amide bonds. The van der Waals surface area contributed by atoms with E-state index in [1.165, 1.54) is 16.7 Å². The zero-order valence-corrected chi connectivity index (χ0v) is 11.4. The smallest absolute Gasteiger partial charge is 0.119 e. The second-order valence-corrected chi connectivity index (χ2v) is 4.60. The third-order valence-corrected chi connectivity index (χ3v) is 2.96. The molecule has 1 N–H and O–H groups in total. The van der Waals surface area contributed by atoms with Gasteiger partial charge < -0.3 is 10.1 Å². The molecule has 0 heterocycles. The van der Waals surface area contributed by atoms with Crippen molar-refractivity contribution in [2.24, 2.45) is 0 Å². The lowest BCUT2D eigenvalue weighted by molar-refractivity contribution is 0.306. The zero-order valence-electron chi connectivity index (χ0n) is 11.4. The third kappa shape index (κ3) is 4.42. The Morgan fingerprint density at radius 2 is 1.58 bits per heavy atom. The van der Waals surface area contributed by atoms with Gasteiger partial charge in [0.2, 0.25) is 0 Å². The van der Waals surface area contributed by atoms with Crippen LogP contribution in [-0.4, -0.2) is 6.54 Å². The molecule has 99 valence electrons. The van der Waals surface area contributed by atoms with Crippen molar-refractivity contribution in [3.63, 3.8) is 0 Å². The largest absolute Gasteiger partial charge is 0.489 e. The Bertz CT molecular complexity index is 488. The Kier molecular flexibility index (Phi) is 4.99. The van der Waals surface area contributed by atoms with Crippen LogP contribution in [0.4, 0.5) is 0 Å². The Labute approximate surface area is 115 Å². The highest BCUT2D eigenvalue weighted by molar-refractivity contribution is 5.28. The molecule has 0 saturated carbocycles. The van der Waals surface area contributed by atoms with Gasteiger partial charge in [0.25, 0.3) is 0 Å². The molecule has 0 bridgehead atoms. The molecule has 2 aromatic rings. The van der Waals surface area contributed by atoms with E-state index in [-0.39, 0.29) is 0 Å². The van der Waals surface area contributed by atoms with E-state index in [0.29, 0.717) is 6.61 Å². The Balaban J connectivity index is 1.87. The Morgan fingerprint density at radius 3 is 2.21 bits per heavy atom. The Morgan fingerprint density at radius 1 is 0.947 bits per heavy atom. The SMILES string of the molecule is [CH2]CNCc1ccc(OCc2ccc(C)cc2)cc1. The quantitative estimate of drug-likeness (QED) is 0.852. The van der Waals surface area contributed by atoms with Crippen LogP contribution in [0.3, 0.4) is 0 Å². The minimum atomic E-state index is 0.608. The van der Waals surface area contributed by atoms with Gasteiger partial charge in [-0.15, -0.1) is 0 Å². The van der Waals surface area contributed by atoms with E-state index >= 15 is 0 Å². The van der Waals surface area contributed by atoms with Gasteiger partial charge in [0.05, 0.1) is 0 Å². The summed E-state index contributed by atoms with van der Waals surface area (Å²) < 4.78 is 5.76. The van der Waals surface area contributed by atoms with Gasteiger partial charge in [0, 0.05) is 6.54 Å². The van der Waals surface area contributed by atoms with Crippen molar-refractivity contribution in [3.8, 4) is 5.75 Å². The second-order valence-electron chi connectivity index (χ2n) is 4.60. The summed E-state index contributed by atoms with van der Waals surface area (Å²) in [5.74, 6) is 0.902. The summed E-state index contributed by atoms with van der Waals surface area (Å²) in [6.07, 6.45) is 0. The highest BCUT2D eigenvalue weighted by Crippen LogP contribution is 2.14. The molecule has 0 aromatic heterocycles. The summed E-state index contributed by atoms with van der Waals surface area (Å²) in [6, 6.07) is 16.6. The van der Waals surface area contributed by atoms with Crippen molar-refractivity contribution in [3.05, 3.63) is 72.1 Å². The fourth-order valence-corrected chi connectivity index (χ4v) is 1.79. The summed E-state index contributed by atoms with van der Waals surface area (Å²) in [6.45, 7) is 8.04. The maximum Gasteiger partial charge on any atom is 0.119 e. The molecule has 2 rings (SSSR count). The summed E-state index contributed by atoms with van der Waals surface area (Å²) in [4.78, 5) is 0. The first kappa shape index (κ1) is 13.6. The standard InChI is InChI=1S/C17H20NO/c1-3-18-12-15-8-10-17(11-9-15)19-13-16-6-4-14(2)5-7-16/h4-11,18H,1,3,12-13H2,2H3. The van der Waals surface area contributed by atoms with Crippen LogP contribution in [0.2, 0.25) is 0 Å². The number of hydrogen-bond donors (Lipinski definition) is 1. The summed E-state index contributed by atoms with van der Waals surface area (Å²) in [5.41, 5.74) is 3.70. The van der Waals surface area contributed by atoms with E-state index in [1.54, 1.807) is 0 Å². The predicted octanol–water partition coefficient (Wildman–Crippen LogP) is 3.50. The Hall–Kier alpha value is -1.80. The fraction of sp³-hybridized carbons (Fsp3) is 0.235. The lowest BCUT2D eigenvalue weighted by Crippen LogP contribution is -2.11. The molecule has 19 heavy (non-hydrogen) atoms. The molecule has 0 aliphatic heterocycles. The van der Waals surface area contributed by atoms with Crippen molar-refractivity contribution >= 4 is 0 Å².